The van der Waals surface area contributed by atoms with Crippen LogP contribution in [0.3, 0.4) is 0 Å². The van der Waals surface area contributed by atoms with Crippen LogP contribution in [0.15, 0.2) is 12.2 Å². The Bertz CT molecular complexity index is 931. The van der Waals surface area contributed by atoms with Crippen molar-refractivity contribution in [3.63, 3.8) is 0 Å². The van der Waals surface area contributed by atoms with Gasteiger partial charge in [-0.25, -0.2) is 0 Å². The van der Waals surface area contributed by atoms with E-state index in [2.05, 4.69) is 6.92 Å². The minimum Gasteiger partial charge on any atom is -0.756 e. The molecule has 0 N–H and O–H groups in total. The predicted molar refractivity (Wildman–Crippen MR) is 177 cm³/mol. The molecule has 12 heteroatoms. The number of ketones is 2. The number of unbranched alkanes of at least 4 members (excludes halogenated alkanes) is 12. The van der Waals surface area contributed by atoms with Crippen molar-refractivity contribution in [2.45, 2.75) is 136 Å². The van der Waals surface area contributed by atoms with Crippen LogP contribution in [0.4, 0.5) is 0 Å². The van der Waals surface area contributed by atoms with Crippen LogP contribution in [-0.2, 0) is 42.3 Å². The number of quaternary nitrogens is 1. The van der Waals surface area contributed by atoms with Gasteiger partial charge in [0.05, 0.1) is 27.7 Å². The summed E-state index contributed by atoms with van der Waals surface area (Å²) in [7, 11) is 0.964. The third-order valence-electron chi connectivity index (χ3n) is 7.25. The van der Waals surface area contributed by atoms with Crippen molar-refractivity contribution in [2.75, 3.05) is 47.5 Å². The highest BCUT2D eigenvalue weighted by molar-refractivity contribution is 7.45. The summed E-state index contributed by atoms with van der Waals surface area (Å²) < 4.78 is 33.2. The number of carbonyl (C=O) groups is 4. The van der Waals surface area contributed by atoms with Gasteiger partial charge in [0.1, 0.15) is 19.8 Å². The van der Waals surface area contributed by atoms with E-state index in [-0.39, 0.29) is 50.5 Å². The Kier molecular flexibility index (Phi) is 26.0. The lowest BCUT2D eigenvalue weighted by atomic mass is 10.0. The van der Waals surface area contributed by atoms with Crippen molar-refractivity contribution >= 4 is 31.3 Å². The molecular weight excluding hydrogens is 613 g/mol. The summed E-state index contributed by atoms with van der Waals surface area (Å²) in [6.45, 7) is 3.30. The summed E-state index contributed by atoms with van der Waals surface area (Å²) in [6, 6.07) is 0. The Morgan fingerprint density at radius 2 is 1.20 bits per heavy atom. The second kappa shape index (κ2) is 27.1. The molecule has 0 aliphatic heterocycles. The zero-order chi connectivity index (χ0) is 34.7. The Balaban J connectivity index is 4.57. The quantitative estimate of drug-likeness (QED) is 0.0266. The van der Waals surface area contributed by atoms with Gasteiger partial charge in [-0.3, -0.25) is 23.7 Å². The summed E-state index contributed by atoms with van der Waals surface area (Å²) in [5.74, 6) is -1.63. The maximum atomic E-state index is 12.4. The molecule has 0 amide bonds. The highest BCUT2D eigenvalue weighted by Gasteiger charge is 2.22. The molecule has 11 nitrogen and oxygen atoms in total. The van der Waals surface area contributed by atoms with E-state index in [9.17, 15) is 28.6 Å². The van der Waals surface area contributed by atoms with Gasteiger partial charge in [-0.15, -0.1) is 0 Å². The van der Waals surface area contributed by atoms with Crippen LogP contribution in [-0.4, -0.2) is 81.6 Å². The van der Waals surface area contributed by atoms with E-state index in [0.717, 1.165) is 19.3 Å². The maximum Gasteiger partial charge on any atom is 0.306 e. The fourth-order valence-electron chi connectivity index (χ4n) is 4.34. The molecule has 268 valence electrons. The number of allylic oxidation sites excluding steroid dienone is 2. The van der Waals surface area contributed by atoms with Crippen LogP contribution in [0.5, 0.6) is 0 Å². The lowest BCUT2D eigenvalue weighted by Gasteiger charge is -2.28. The molecule has 0 aromatic heterocycles. The van der Waals surface area contributed by atoms with E-state index in [4.69, 9.17) is 18.5 Å². The topological polar surface area (TPSA) is 145 Å². The molecule has 0 rings (SSSR count). The third-order valence-corrected chi connectivity index (χ3v) is 8.21. The molecule has 0 aromatic carbocycles. The van der Waals surface area contributed by atoms with Gasteiger partial charge in [-0.2, -0.15) is 0 Å². The molecule has 0 aliphatic rings. The molecule has 0 bridgehead atoms. The normalized spacial score (nSPS) is 13.8. The molecule has 0 spiro atoms. The SMILES string of the molecule is CCCCCCCCCCCCCCCC(=O)OC[C@H](COP(=O)([O-])OCC[N+](C)(C)C)OC(=O)CCCC(=O)C=CC(=O)CC. The smallest absolute Gasteiger partial charge is 0.306 e. The third kappa shape index (κ3) is 29.5. The summed E-state index contributed by atoms with van der Waals surface area (Å²) >= 11 is 0. The number of hydrogen-bond acceptors (Lipinski definition) is 10. The van der Waals surface area contributed by atoms with Crippen LogP contribution < -0.4 is 4.89 Å². The number of esters is 2. The first-order chi connectivity index (χ1) is 21.8. The van der Waals surface area contributed by atoms with Gasteiger partial charge < -0.3 is 27.9 Å². The number of rotatable bonds is 31. The Morgan fingerprint density at radius 3 is 1.74 bits per heavy atom. The maximum absolute atomic E-state index is 12.4. The van der Waals surface area contributed by atoms with Crippen molar-refractivity contribution in [3.05, 3.63) is 12.2 Å². The largest absolute Gasteiger partial charge is 0.756 e. The number of carbonyl (C=O) groups excluding carboxylic acids is 4. The number of likely N-dealkylation sites (N-methyl/N-ethyl adjacent to an activating group) is 1. The van der Waals surface area contributed by atoms with Gasteiger partial charge in [0.25, 0.3) is 7.82 Å². The Morgan fingerprint density at radius 1 is 0.674 bits per heavy atom. The van der Waals surface area contributed by atoms with E-state index in [0.29, 0.717) is 23.9 Å². The standard InChI is InChI=1S/C34H62NO10P/c1-6-8-9-10-11-12-13-14-15-16-17-18-19-22-33(38)42-28-32(29-44-46(40,41)43-27-26-35(3,4)5)45-34(39)23-20-21-31(37)25-24-30(36)7-2/h24-25,32H,6-23,26-29H2,1-5H3/t32-/m1/s1. The molecule has 0 fully saturated rings. The average molecular weight is 676 g/mol. The van der Waals surface area contributed by atoms with E-state index >= 15 is 0 Å². The highest BCUT2D eigenvalue weighted by Crippen LogP contribution is 2.38. The summed E-state index contributed by atoms with van der Waals surface area (Å²) in [5, 5.41) is 0. The van der Waals surface area contributed by atoms with Gasteiger partial charge in [0.2, 0.25) is 0 Å². The first-order valence-electron chi connectivity index (χ1n) is 17.3. The summed E-state index contributed by atoms with van der Waals surface area (Å²) in [4.78, 5) is 60.2. The molecule has 0 saturated carbocycles. The molecule has 2 atom stereocenters. The van der Waals surface area contributed by atoms with Crippen LogP contribution in [0.1, 0.15) is 129 Å². The van der Waals surface area contributed by atoms with E-state index < -0.39 is 32.5 Å². The van der Waals surface area contributed by atoms with Gasteiger partial charge in [-0.05, 0) is 25.0 Å². The average Bonchev–Trinajstić information content (AvgIpc) is 2.98. The first-order valence-corrected chi connectivity index (χ1v) is 18.7. The zero-order valence-corrected chi connectivity index (χ0v) is 30.2. The lowest BCUT2D eigenvalue weighted by molar-refractivity contribution is -0.870. The van der Waals surface area contributed by atoms with Crippen molar-refractivity contribution < 1.29 is 51.6 Å². The highest BCUT2D eigenvalue weighted by atomic mass is 31.2. The number of phosphoric ester groups is 1. The van der Waals surface area contributed by atoms with Crippen LogP contribution in [0, 0.1) is 0 Å². The fraction of sp³-hybridized carbons (Fsp3) is 0.824. The van der Waals surface area contributed by atoms with Gasteiger partial charge in [0, 0.05) is 25.7 Å². The van der Waals surface area contributed by atoms with Crippen LogP contribution in [0.2, 0.25) is 0 Å². The monoisotopic (exact) mass is 675 g/mol. The van der Waals surface area contributed by atoms with Crippen molar-refractivity contribution in [2.24, 2.45) is 0 Å². The zero-order valence-electron chi connectivity index (χ0n) is 29.3. The summed E-state index contributed by atoms with van der Waals surface area (Å²) in [6.07, 6.45) is 17.3. The van der Waals surface area contributed by atoms with Crippen LogP contribution in [0.25, 0.3) is 0 Å². The summed E-state index contributed by atoms with van der Waals surface area (Å²) in [5.41, 5.74) is 0. The Hall–Kier alpha value is -1.91. The van der Waals surface area contributed by atoms with Crippen molar-refractivity contribution in [1.82, 2.24) is 0 Å². The molecule has 1 unspecified atom stereocenters. The second-order valence-corrected chi connectivity index (χ2v) is 14.3. The van der Waals surface area contributed by atoms with E-state index in [1.165, 1.54) is 69.9 Å². The molecule has 0 heterocycles. The predicted octanol–water partition coefficient (Wildman–Crippen LogP) is 6.41. The van der Waals surface area contributed by atoms with Crippen LogP contribution >= 0.6 is 7.82 Å². The fourth-order valence-corrected chi connectivity index (χ4v) is 5.07. The van der Waals surface area contributed by atoms with Gasteiger partial charge >= 0.3 is 11.9 Å². The number of nitrogens with zero attached hydrogens (tertiary/aromatic N) is 1. The number of ether oxygens (including phenoxy) is 2. The van der Waals surface area contributed by atoms with E-state index in [1.54, 1.807) is 6.92 Å². The molecular formula is C34H62NO10P. The van der Waals surface area contributed by atoms with E-state index in [1.807, 2.05) is 21.1 Å². The molecule has 0 aromatic rings. The molecule has 0 radical (unpaired) electrons. The first kappa shape index (κ1) is 44.1. The van der Waals surface area contributed by atoms with Crippen molar-refractivity contribution in [3.8, 4) is 0 Å². The van der Waals surface area contributed by atoms with Gasteiger partial charge in [0.15, 0.2) is 17.7 Å². The minimum absolute atomic E-state index is 0.0355. The number of phosphoric acid groups is 1. The van der Waals surface area contributed by atoms with Crippen molar-refractivity contribution in [1.29, 1.82) is 0 Å². The second-order valence-electron chi connectivity index (χ2n) is 12.9. The van der Waals surface area contributed by atoms with Gasteiger partial charge in [-0.1, -0.05) is 90.9 Å². The Labute approximate surface area is 278 Å². The molecule has 46 heavy (non-hydrogen) atoms. The number of hydrogen-bond donors (Lipinski definition) is 0. The molecule has 0 saturated heterocycles. The molecule has 0 aliphatic carbocycles. The minimum atomic E-state index is -4.69. The lowest BCUT2D eigenvalue weighted by Crippen LogP contribution is -2.37.